The topological polar surface area (TPSA) is 77.4 Å². The van der Waals surface area contributed by atoms with Crippen LogP contribution in [0.1, 0.15) is 22.3 Å². The highest BCUT2D eigenvalue weighted by atomic mass is 16.5. The van der Waals surface area contributed by atoms with Gasteiger partial charge < -0.3 is 29.2 Å². The maximum Gasteiger partial charge on any atom is 0.119 e. The van der Waals surface area contributed by atoms with Crippen LogP contribution in [0, 0.1) is 0 Å². The predicted molar refractivity (Wildman–Crippen MR) is 150 cm³/mol. The van der Waals surface area contributed by atoms with Crippen molar-refractivity contribution in [1.29, 1.82) is 0 Å². The summed E-state index contributed by atoms with van der Waals surface area (Å²) in [6.07, 6.45) is 0. The largest absolute Gasteiger partial charge is 0.491 e. The molecular formula is C33H32O6. The van der Waals surface area contributed by atoms with Crippen LogP contribution < -0.4 is 9.47 Å². The standard InChI is InChI=1S/C33H32O6/c34-13-15-36-17-19-38-23-9-11-27-28-12-10-24(39-20-18-37-16-14-35)22-32(28)33(31(27)21-23)29-7-3-1-5-25(29)26-6-2-4-8-30(26)33/h1-12,21-22,34-35H,13-20H2. The van der Waals surface area contributed by atoms with Crippen molar-refractivity contribution in [2.75, 3.05) is 52.9 Å². The molecule has 6 nitrogen and oxygen atoms in total. The van der Waals surface area contributed by atoms with Gasteiger partial charge in [-0.3, -0.25) is 0 Å². The molecular weight excluding hydrogens is 492 g/mol. The van der Waals surface area contributed by atoms with E-state index in [0.29, 0.717) is 39.6 Å². The Hall–Kier alpha value is -3.68. The van der Waals surface area contributed by atoms with Crippen LogP contribution in [0.2, 0.25) is 0 Å². The molecule has 2 aliphatic carbocycles. The van der Waals surface area contributed by atoms with Crippen molar-refractivity contribution in [2.24, 2.45) is 0 Å². The zero-order chi connectivity index (χ0) is 26.7. The normalized spacial score (nSPS) is 13.6. The van der Waals surface area contributed by atoms with Gasteiger partial charge >= 0.3 is 0 Å². The van der Waals surface area contributed by atoms with Gasteiger partial charge in [-0.05, 0) is 68.8 Å². The molecule has 2 aliphatic rings. The summed E-state index contributed by atoms with van der Waals surface area (Å²) < 4.78 is 23.0. The van der Waals surface area contributed by atoms with Crippen molar-refractivity contribution in [3.8, 4) is 33.8 Å². The van der Waals surface area contributed by atoms with E-state index in [1.807, 2.05) is 12.1 Å². The van der Waals surface area contributed by atoms with Crippen molar-refractivity contribution < 1.29 is 29.2 Å². The predicted octanol–water partition coefficient (Wildman–Crippen LogP) is 4.81. The van der Waals surface area contributed by atoms with E-state index >= 15 is 0 Å². The highest BCUT2D eigenvalue weighted by Gasteiger charge is 2.51. The highest BCUT2D eigenvalue weighted by Crippen LogP contribution is 2.63. The molecule has 0 atom stereocenters. The minimum atomic E-state index is -0.503. The van der Waals surface area contributed by atoms with Crippen molar-refractivity contribution in [3.63, 3.8) is 0 Å². The fourth-order valence-electron chi connectivity index (χ4n) is 6.05. The van der Waals surface area contributed by atoms with E-state index in [1.54, 1.807) is 0 Å². The zero-order valence-corrected chi connectivity index (χ0v) is 21.8. The quantitative estimate of drug-likeness (QED) is 0.224. The summed E-state index contributed by atoms with van der Waals surface area (Å²) in [5.74, 6) is 1.57. The van der Waals surface area contributed by atoms with Crippen LogP contribution in [0.4, 0.5) is 0 Å². The van der Waals surface area contributed by atoms with Crippen LogP contribution >= 0.6 is 0 Å². The average molecular weight is 525 g/mol. The highest BCUT2D eigenvalue weighted by molar-refractivity contribution is 5.95. The first kappa shape index (κ1) is 25.6. The lowest BCUT2D eigenvalue weighted by Crippen LogP contribution is -2.26. The molecule has 6 rings (SSSR count). The molecule has 0 aromatic heterocycles. The third-order valence-electron chi connectivity index (χ3n) is 7.50. The lowest BCUT2D eigenvalue weighted by atomic mass is 9.70. The van der Waals surface area contributed by atoms with E-state index in [-0.39, 0.29) is 13.2 Å². The molecule has 0 unspecified atom stereocenters. The molecule has 4 aromatic rings. The SMILES string of the molecule is OCCOCCOc1ccc2c(c1)C1(c3ccccc3-c3ccccc31)c1cc(OCCOCCO)ccc1-2. The van der Waals surface area contributed by atoms with Gasteiger partial charge in [0.25, 0.3) is 0 Å². The molecule has 39 heavy (non-hydrogen) atoms. The van der Waals surface area contributed by atoms with Crippen LogP contribution in [0.3, 0.4) is 0 Å². The Morgan fingerprint density at radius 1 is 0.462 bits per heavy atom. The lowest BCUT2D eigenvalue weighted by Gasteiger charge is -2.30. The minimum absolute atomic E-state index is 0.000170. The number of ether oxygens (including phenoxy) is 4. The molecule has 0 heterocycles. The van der Waals surface area contributed by atoms with E-state index in [0.717, 1.165) is 11.5 Å². The Kier molecular flexibility index (Phi) is 7.35. The van der Waals surface area contributed by atoms with Crippen LogP contribution in [0.5, 0.6) is 11.5 Å². The third kappa shape index (κ3) is 4.39. The number of rotatable bonds is 12. The molecule has 0 saturated heterocycles. The molecule has 0 radical (unpaired) electrons. The number of hydrogen-bond acceptors (Lipinski definition) is 6. The zero-order valence-electron chi connectivity index (χ0n) is 21.8. The molecule has 0 aliphatic heterocycles. The number of fused-ring (bicyclic) bond motifs is 10. The first-order valence-electron chi connectivity index (χ1n) is 13.4. The van der Waals surface area contributed by atoms with Crippen molar-refractivity contribution in [3.05, 3.63) is 107 Å². The van der Waals surface area contributed by atoms with Gasteiger partial charge in [-0.25, -0.2) is 0 Å². The Morgan fingerprint density at radius 2 is 0.897 bits per heavy atom. The van der Waals surface area contributed by atoms with Gasteiger partial charge in [0.1, 0.15) is 24.7 Å². The molecule has 0 amide bonds. The summed E-state index contributed by atoms with van der Waals surface area (Å²) in [7, 11) is 0. The average Bonchev–Trinajstić information content (AvgIpc) is 3.44. The smallest absolute Gasteiger partial charge is 0.119 e. The van der Waals surface area contributed by atoms with Crippen molar-refractivity contribution in [2.45, 2.75) is 5.41 Å². The Balaban J connectivity index is 1.46. The van der Waals surface area contributed by atoms with Crippen molar-refractivity contribution in [1.82, 2.24) is 0 Å². The molecule has 4 aromatic carbocycles. The second-order valence-corrected chi connectivity index (χ2v) is 9.62. The van der Waals surface area contributed by atoms with Gasteiger partial charge in [0.05, 0.1) is 45.1 Å². The molecule has 2 N–H and O–H groups in total. The van der Waals surface area contributed by atoms with Gasteiger partial charge in [-0.1, -0.05) is 60.7 Å². The number of aliphatic hydroxyl groups excluding tert-OH is 2. The van der Waals surface area contributed by atoms with Crippen LogP contribution in [-0.2, 0) is 14.9 Å². The Morgan fingerprint density at radius 3 is 1.36 bits per heavy atom. The summed E-state index contributed by atoms with van der Waals surface area (Å²) in [6.45, 7) is 2.24. The van der Waals surface area contributed by atoms with Gasteiger partial charge in [0.15, 0.2) is 0 Å². The van der Waals surface area contributed by atoms with E-state index in [4.69, 9.17) is 29.2 Å². The molecule has 0 fully saturated rings. The Labute approximate surface area is 228 Å². The Bertz CT molecular complexity index is 1350. The molecule has 1 spiro atoms. The van der Waals surface area contributed by atoms with Gasteiger partial charge in [0.2, 0.25) is 0 Å². The summed E-state index contributed by atoms with van der Waals surface area (Å²) in [6, 6.07) is 30.0. The number of hydrogen-bond donors (Lipinski definition) is 2. The lowest BCUT2D eigenvalue weighted by molar-refractivity contribution is 0.0705. The fraction of sp³-hybridized carbons (Fsp3) is 0.273. The van der Waals surface area contributed by atoms with Gasteiger partial charge in [-0.15, -0.1) is 0 Å². The van der Waals surface area contributed by atoms with Gasteiger partial charge in [0, 0.05) is 0 Å². The fourth-order valence-corrected chi connectivity index (χ4v) is 6.05. The molecule has 0 saturated carbocycles. The van der Waals surface area contributed by atoms with Crippen LogP contribution in [0.15, 0.2) is 84.9 Å². The summed E-state index contributed by atoms with van der Waals surface area (Å²) in [5.41, 5.74) is 9.20. The number of aliphatic hydroxyl groups is 2. The molecule has 0 bridgehead atoms. The monoisotopic (exact) mass is 524 g/mol. The van der Waals surface area contributed by atoms with Gasteiger partial charge in [-0.2, -0.15) is 0 Å². The molecule has 200 valence electrons. The van der Waals surface area contributed by atoms with E-state index in [9.17, 15) is 0 Å². The third-order valence-corrected chi connectivity index (χ3v) is 7.50. The first-order valence-corrected chi connectivity index (χ1v) is 13.4. The maximum absolute atomic E-state index is 8.96. The minimum Gasteiger partial charge on any atom is -0.491 e. The van der Waals surface area contributed by atoms with Crippen LogP contribution in [0.25, 0.3) is 22.3 Å². The first-order chi connectivity index (χ1) is 19.3. The van der Waals surface area contributed by atoms with E-state index < -0.39 is 5.41 Å². The second-order valence-electron chi connectivity index (χ2n) is 9.62. The summed E-state index contributed by atoms with van der Waals surface area (Å²) in [4.78, 5) is 0. The summed E-state index contributed by atoms with van der Waals surface area (Å²) in [5, 5.41) is 17.9. The van der Waals surface area contributed by atoms with E-state index in [1.165, 1.54) is 44.5 Å². The maximum atomic E-state index is 8.96. The molecule has 6 heteroatoms. The summed E-state index contributed by atoms with van der Waals surface area (Å²) >= 11 is 0. The second kappa shape index (κ2) is 11.2. The van der Waals surface area contributed by atoms with Crippen LogP contribution in [-0.4, -0.2) is 63.1 Å². The van der Waals surface area contributed by atoms with Crippen molar-refractivity contribution >= 4 is 0 Å². The number of benzene rings is 4. The van der Waals surface area contributed by atoms with E-state index in [2.05, 4.69) is 72.8 Å².